The zero-order valence-electron chi connectivity index (χ0n) is 15.1. The Labute approximate surface area is 153 Å². The van der Waals surface area contributed by atoms with Gasteiger partial charge in [0.1, 0.15) is 12.2 Å². The SMILES string of the molecule is CC(=O)N1CCC(C(=O)N2C[C@@H]3OCC(n4cccn4)CO[C@H]3C2)CC1. The van der Waals surface area contributed by atoms with Crippen molar-refractivity contribution in [2.75, 3.05) is 39.4 Å². The molecule has 142 valence electrons. The highest BCUT2D eigenvalue weighted by Crippen LogP contribution is 2.27. The third-order valence-electron chi connectivity index (χ3n) is 5.72. The maximum Gasteiger partial charge on any atom is 0.225 e. The Balaban J connectivity index is 1.31. The smallest absolute Gasteiger partial charge is 0.225 e. The Bertz CT molecular complexity index is 626. The Morgan fingerprint density at radius 1 is 1.04 bits per heavy atom. The fraction of sp³-hybridized carbons (Fsp3) is 0.722. The maximum atomic E-state index is 12.9. The van der Waals surface area contributed by atoms with Gasteiger partial charge in [-0.05, 0) is 18.9 Å². The lowest BCUT2D eigenvalue weighted by atomic mass is 9.95. The van der Waals surface area contributed by atoms with E-state index in [0.29, 0.717) is 39.4 Å². The van der Waals surface area contributed by atoms with Crippen molar-refractivity contribution < 1.29 is 19.1 Å². The minimum atomic E-state index is -0.0724. The fourth-order valence-corrected chi connectivity index (χ4v) is 4.11. The van der Waals surface area contributed by atoms with E-state index in [4.69, 9.17) is 9.47 Å². The predicted octanol–water partition coefficient (Wildman–Crippen LogP) is 0.309. The number of carbonyl (C=O) groups excluding carboxylic acids is 2. The molecular formula is C18H26N4O4. The van der Waals surface area contributed by atoms with Crippen LogP contribution in [0, 0.1) is 5.92 Å². The molecule has 0 spiro atoms. The standard InChI is InChI=1S/C18H26N4O4/c1-13(23)20-7-3-14(4-8-20)18(24)21-9-16-17(10-21)26-12-15(11-25-16)22-6-2-5-19-22/h2,5-6,14-17H,3-4,7-12H2,1H3/t16-,17-/m0/s1. The lowest BCUT2D eigenvalue weighted by molar-refractivity contribution is -0.139. The van der Waals surface area contributed by atoms with Gasteiger partial charge in [0.05, 0.1) is 19.3 Å². The molecule has 1 aromatic heterocycles. The third kappa shape index (κ3) is 3.48. The lowest BCUT2D eigenvalue weighted by Crippen LogP contribution is -2.43. The predicted molar refractivity (Wildman–Crippen MR) is 92.3 cm³/mol. The van der Waals surface area contributed by atoms with Crippen molar-refractivity contribution in [1.29, 1.82) is 0 Å². The molecule has 4 heterocycles. The van der Waals surface area contributed by atoms with Crippen molar-refractivity contribution in [3.05, 3.63) is 18.5 Å². The van der Waals surface area contributed by atoms with Crippen molar-refractivity contribution in [3.63, 3.8) is 0 Å². The number of rotatable bonds is 2. The minimum Gasteiger partial charge on any atom is -0.371 e. The summed E-state index contributed by atoms with van der Waals surface area (Å²) in [5, 5.41) is 4.26. The van der Waals surface area contributed by atoms with Gasteiger partial charge in [-0.1, -0.05) is 0 Å². The molecule has 8 nitrogen and oxygen atoms in total. The molecule has 3 fully saturated rings. The number of aromatic nitrogens is 2. The van der Waals surface area contributed by atoms with Gasteiger partial charge < -0.3 is 19.3 Å². The Morgan fingerprint density at radius 2 is 1.69 bits per heavy atom. The topological polar surface area (TPSA) is 76.9 Å². The highest BCUT2D eigenvalue weighted by Gasteiger charge is 2.41. The molecule has 0 aliphatic carbocycles. The summed E-state index contributed by atoms with van der Waals surface area (Å²) in [6, 6.07) is 1.97. The summed E-state index contributed by atoms with van der Waals surface area (Å²) in [7, 11) is 0. The third-order valence-corrected chi connectivity index (χ3v) is 5.72. The first-order valence-corrected chi connectivity index (χ1v) is 9.38. The van der Waals surface area contributed by atoms with Gasteiger partial charge in [-0.2, -0.15) is 5.10 Å². The molecule has 2 amide bonds. The summed E-state index contributed by atoms with van der Waals surface area (Å²) >= 11 is 0. The van der Waals surface area contributed by atoms with E-state index in [0.717, 1.165) is 12.8 Å². The number of carbonyl (C=O) groups is 2. The molecule has 4 rings (SSSR count). The summed E-state index contributed by atoms with van der Waals surface area (Å²) in [5.41, 5.74) is 0. The molecule has 26 heavy (non-hydrogen) atoms. The molecule has 0 N–H and O–H groups in total. The molecule has 0 unspecified atom stereocenters. The zero-order valence-corrected chi connectivity index (χ0v) is 15.1. The first-order chi connectivity index (χ1) is 12.6. The number of piperidine rings is 1. The quantitative estimate of drug-likeness (QED) is 0.757. The molecular weight excluding hydrogens is 336 g/mol. The van der Waals surface area contributed by atoms with Crippen LogP contribution < -0.4 is 0 Å². The molecule has 0 aromatic carbocycles. The second-order valence-corrected chi connectivity index (χ2v) is 7.41. The molecule has 1 aromatic rings. The average molecular weight is 362 g/mol. The van der Waals surface area contributed by atoms with E-state index < -0.39 is 0 Å². The molecule has 3 aliphatic rings. The summed E-state index contributed by atoms with van der Waals surface area (Å²) < 4.78 is 14.0. The number of likely N-dealkylation sites (tertiary alicyclic amines) is 2. The van der Waals surface area contributed by atoms with Gasteiger partial charge in [-0.15, -0.1) is 0 Å². The monoisotopic (exact) mass is 362 g/mol. The number of fused-ring (bicyclic) bond motifs is 1. The van der Waals surface area contributed by atoms with Crippen LogP contribution in [0.25, 0.3) is 0 Å². The van der Waals surface area contributed by atoms with Crippen LogP contribution in [0.5, 0.6) is 0 Å². The number of nitrogens with zero attached hydrogens (tertiary/aromatic N) is 4. The van der Waals surface area contributed by atoms with Crippen molar-refractivity contribution >= 4 is 11.8 Å². The van der Waals surface area contributed by atoms with E-state index in [1.54, 1.807) is 13.1 Å². The van der Waals surface area contributed by atoms with Gasteiger partial charge in [0.2, 0.25) is 11.8 Å². The van der Waals surface area contributed by atoms with Crippen molar-refractivity contribution in [3.8, 4) is 0 Å². The van der Waals surface area contributed by atoms with Crippen LogP contribution >= 0.6 is 0 Å². The highest BCUT2D eigenvalue weighted by molar-refractivity contribution is 5.80. The van der Waals surface area contributed by atoms with Gasteiger partial charge in [0.25, 0.3) is 0 Å². The molecule has 0 radical (unpaired) electrons. The minimum absolute atomic E-state index is 0.00441. The first kappa shape index (κ1) is 17.5. The van der Waals surface area contributed by atoms with Gasteiger partial charge in [-0.25, -0.2) is 0 Å². The van der Waals surface area contributed by atoms with Crippen LogP contribution in [0.3, 0.4) is 0 Å². The maximum absolute atomic E-state index is 12.9. The first-order valence-electron chi connectivity index (χ1n) is 9.38. The Morgan fingerprint density at radius 3 is 2.23 bits per heavy atom. The van der Waals surface area contributed by atoms with E-state index >= 15 is 0 Å². The summed E-state index contributed by atoms with van der Waals surface area (Å²) in [6.45, 7) is 5.19. The van der Waals surface area contributed by atoms with E-state index in [-0.39, 0.29) is 36.0 Å². The van der Waals surface area contributed by atoms with Crippen LogP contribution in [0.1, 0.15) is 25.8 Å². The lowest BCUT2D eigenvalue weighted by Gasteiger charge is -2.32. The molecule has 2 atom stereocenters. The fourth-order valence-electron chi connectivity index (χ4n) is 4.11. The molecule has 0 saturated carbocycles. The molecule has 8 heteroatoms. The van der Waals surface area contributed by atoms with Gasteiger partial charge in [-0.3, -0.25) is 14.3 Å². The largest absolute Gasteiger partial charge is 0.371 e. The highest BCUT2D eigenvalue weighted by atomic mass is 16.6. The second kappa shape index (κ2) is 7.36. The summed E-state index contributed by atoms with van der Waals surface area (Å²) in [6.07, 6.45) is 5.01. The molecule has 0 bridgehead atoms. The number of amides is 2. The summed E-state index contributed by atoms with van der Waals surface area (Å²) in [4.78, 5) is 28.0. The zero-order chi connectivity index (χ0) is 18.1. The summed E-state index contributed by atoms with van der Waals surface area (Å²) in [5.74, 6) is 0.273. The van der Waals surface area contributed by atoms with Crippen molar-refractivity contribution in [2.45, 2.75) is 38.0 Å². The van der Waals surface area contributed by atoms with Crippen molar-refractivity contribution in [2.24, 2.45) is 5.92 Å². The normalized spacial score (nSPS) is 28.0. The van der Waals surface area contributed by atoms with Crippen LogP contribution in [0.2, 0.25) is 0 Å². The number of hydrogen-bond acceptors (Lipinski definition) is 5. The Kier molecular flexibility index (Phi) is 4.95. The van der Waals surface area contributed by atoms with Gasteiger partial charge >= 0.3 is 0 Å². The van der Waals surface area contributed by atoms with Crippen molar-refractivity contribution in [1.82, 2.24) is 19.6 Å². The second-order valence-electron chi connectivity index (χ2n) is 7.41. The average Bonchev–Trinajstić information content (AvgIpc) is 3.28. The Hall–Kier alpha value is -1.93. The molecule has 3 aliphatic heterocycles. The number of ether oxygens (including phenoxy) is 2. The van der Waals surface area contributed by atoms with Crippen LogP contribution in [0.15, 0.2) is 18.5 Å². The van der Waals surface area contributed by atoms with Gasteiger partial charge in [0.15, 0.2) is 0 Å². The van der Waals surface area contributed by atoms with Gasteiger partial charge in [0, 0.05) is 51.4 Å². The van der Waals surface area contributed by atoms with E-state index in [1.165, 1.54) is 0 Å². The van der Waals surface area contributed by atoms with E-state index in [2.05, 4.69) is 5.10 Å². The van der Waals surface area contributed by atoms with E-state index in [1.807, 2.05) is 26.7 Å². The van der Waals surface area contributed by atoms with Crippen LogP contribution in [0.4, 0.5) is 0 Å². The van der Waals surface area contributed by atoms with Crippen LogP contribution in [-0.4, -0.2) is 83.0 Å². The van der Waals surface area contributed by atoms with E-state index in [9.17, 15) is 9.59 Å². The number of hydrogen-bond donors (Lipinski definition) is 0. The molecule has 3 saturated heterocycles. The van der Waals surface area contributed by atoms with Crippen LogP contribution in [-0.2, 0) is 19.1 Å².